The summed E-state index contributed by atoms with van der Waals surface area (Å²) in [6, 6.07) is 4.22. The van der Waals surface area contributed by atoms with Gasteiger partial charge in [-0.15, -0.1) is 10.2 Å². The van der Waals surface area contributed by atoms with Crippen LogP contribution < -0.4 is 5.32 Å². The number of carbonyl (C=O) groups is 1. The molecule has 0 aliphatic carbocycles. The molecule has 2 unspecified atom stereocenters. The van der Waals surface area contributed by atoms with E-state index in [1.54, 1.807) is 0 Å². The minimum Gasteiger partial charge on any atom is -0.373 e. The van der Waals surface area contributed by atoms with Gasteiger partial charge in [0.2, 0.25) is 15.2 Å². The molecule has 1 aliphatic heterocycles. The van der Waals surface area contributed by atoms with E-state index in [1.165, 1.54) is 33.8 Å². The van der Waals surface area contributed by atoms with Crippen LogP contribution in [0.4, 0.5) is 5.13 Å². The Morgan fingerprint density at radius 1 is 1.26 bits per heavy atom. The Morgan fingerprint density at radius 3 is 2.65 bits per heavy atom. The van der Waals surface area contributed by atoms with E-state index in [1.807, 2.05) is 13.8 Å². The molecule has 0 bridgehead atoms. The second-order valence-electron chi connectivity index (χ2n) is 7.64. The number of aryl methyl sites for hydroxylation is 1. The topological polar surface area (TPSA) is 101 Å². The number of anilines is 1. The lowest BCUT2D eigenvalue weighted by Gasteiger charge is -2.34. The van der Waals surface area contributed by atoms with E-state index in [2.05, 4.69) is 22.4 Å². The number of ether oxygens (including phenoxy) is 1. The molecule has 1 aromatic carbocycles. The predicted molar refractivity (Wildman–Crippen MR) is 121 cm³/mol. The highest BCUT2D eigenvalue weighted by molar-refractivity contribution is 7.89. The number of morpholine rings is 1. The third kappa shape index (κ3) is 6.01. The lowest BCUT2D eigenvalue weighted by atomic mass is 10.2. The number of aromatic nitrogens is 2. The number of sulfonamides is 1. The molecule has 0 radical (unpaired) electrons. The normalized spacial score (nSPS) is 20.0. The SMILES string of the molecule is CCCCCc1nnc(NC(=O)c2ccc(Cl)c(S(=O)(=O)N3CC(C)OC(C)C3)c2)s1. The lowest BCUT2D eigenvalue weighted by molar-refractivity contribution is -0.0440. The van der Waals surface area contributed by atoms with Crippen LogP contribution in [0.1, 0.15) is 55.4 Å². The van der Waals surface area contributed by atoms with Gasteiger partial charge in [0, 0.05) is 25.1 Å². The van der Waals surface area contributed by atoms with Crippen LogP contribution in [0.2, 0.25) is 5.02 Å². The highest BCUT2D eigenvalue weighted by atomic mass is 35.5. The minimum atomic E-state index is -3.88. The maximum atomic E-state index is 13.2. The fourth-order valence-electron chi connectivity index (χ4n) is 3.41. The van der Waals surface area contributed by atoms with Crippen LogP contribution in [-0.2, 0) is 21.2 Å². The summed E-state index contributed by atoms with van der Waals surface area (Å²) in [6.45, 7) is 6.23. The molecule has 11 heteroatoms. The van der Waals surface area contributed by atoms with Crippen molar-refractivity contribution in [2.45, 2.75) is 63.6 Å². The van der Waals surface area contributed by atoms with Gasteiger partial charge < -0.3 is 4.74 Å². The van der Waals surface area contributed by atoms with Gasteiger partial charge in [-0.05, 0) is 38.5 Å². The van der Waals surface area contributed by atoms with E-state index < -0.39 is 15.9 Å². The number of hydrogen-bond donors (Lipinski definition) is 1. The Hall–Kier alpha value is -1.59. The third-order valence-electron chi connectivity index (χ3n) is 4.88. The van der Waals surface area contributed by atoms with Crippen molar-refractivity contribution in [2.24, 2.45) is 0 Å². The van der Waals surface area contributed by atoms with Gasteiger partial charge in [-0.3, -0.25) is 10.1 Å². The van der Waals surface area contributed by atoms with E-state index in [-0.39, 0.29) is 40.8 Å². The molecule has 2 atom stereocenters. The molecule has 3 rings (SSSR count). The van der Waals surface area contributed by atoms with Gasteiger partial charge in [0.25, 0.3) is 5.91 Å². The van der Waals surface area contributed by atoms with Crippen molar-refractivity contribution in [1.82, 2.24) is 14.5 Å². The van der Waals surface area contributed by atoms with Crippen molar-refractivity contribution in [3.8, 4) is 0 Å². The predicted octanol–water partition coefficient (Wildman–Crippen LogP) is 3.97. The second-order valence-corrected chi connectivity index (χ2v) is 11.0. The summed E-state index contributed by atoms with van der Waals surface area (Å²) in [5, 5.41) is 12.1. The molecule has 0 spiro atoms. The maximum Gasteiger partial charge on any atom is 0.257 e. The summed E-state index contributed by atoms with van der Waals surface area (Å²) < 4.78 is 33.4. The van der Waals surface area contributed by atoms with Crippen molar-refractivity contribution >= 4 is 44.0 Å². The Kier molecular flexibility index (Phi) is 8.03. The largest absolute Gasteiger partial charge is 0.373 e. The molecule has 2 aromatic rings. The van der Waals surface area contributed by atoms with Gasteiger partial charge in [-0.2, -0.15) is 4.31 Å². The van der Waals surface area contributed by atoms with Crippen LogP contribution in [0.15, 0.2) is 23.1 Å². The summed E-state index contributed by atoms with van der Waals surface area (Å²) in [5.74, 6) is -0.465. The quantitative estimate of drug-likeness (QED) is 0.566. The Labute approximate surface area is 192 Å². The smallest absolute Gasteiger partial charge is 0.257 e. The molecule has 1 aliphatic rings. The van der Waals surface area contributed by atoms with E-state index in [4.69, 9.17) is 16.3 Å². The monoisotopic (exact) mass is 486 g/mol. The van der Waals surface area contributed by atoms with Crippen LogP contribution in [0.25, 0.3) is 0 Å². The fraction of sp³-hybridized carbons (Fsp3) is 0.550. The highest BCUT2D eigenvalue weighted by Crippen LogP contribution is 2.28. The number of halogens is 1. The van der Waals surface area contributed by atoms with Crippen molar-refractivity contribution < 1.29 is 17.9 Å². The Bertz CT molecular complexity index is 1020. The first kappa shape index (κ1) is 24.1. The number of rotatable bonds is 8. The van der Waals surface area contributed by atoms with Crippen molar-refractivity contribution in [2.75, 3.05) is 18.4 Å². The van der Waals surface area contributed by atoms with Crippen molar-refractivity contribution in [1.29, 1.82) is 0 Å². The third-order valence-corrected chi connectivity index (χ3v) is 8.09. The molecule has 1 N–H and O–H groups in total. The number of benzene rings is 1. The molecule has 31 heavy (non-hydrogen) atoms. The maximum absolute atomic E-state index is 13.2. The molecule has 0 saturated carbocycles. The Balaban J connectivity index is 1.76. The number of amides is 1. The lowest BCUT2D eigenvalue weighted by Crippen LogP contribution is -2.48. The Morgan fingerprint density at radius 2 is 1.97 bits per heavy atom. The molecule has 1 aromatic heterocycles. The van der Waals surface area contributed by atoms with Gasteiger partial charge in [-0.25, -0.2) is 8.42 Å². The molecular formula is C20H27ClN4O4S2. The number of nitrogens with zero attached hydrogens (tertiary/aromatic N) is 3. The summed E-state index contributed by atoms with van der Waals surface area (Å²) in [6.07, 6.45) is 3.62. The van der Waals surface area contributed by atoms with Gasteiger partial charge in [-0.1, -0.05) is 42.7 Å². The first-order valence-electron chi connectivity index (χ1n) is 10.3. The van der Waals surface area contributed by atoms with Crippen molar-refractivity contribution in [3.05, 3.63) is 33.8 Å². The van der Waals surface area contributed by atoms with E-state index in [0.717, 1.165) is 30.7 Å². The van der Waals surface area contributed by atoms with Gasteiger partial charge in [0.1, 0.15) is 9.90 Å². The average Bonchev–Trinajstić information content (AvgIpc) is 3.14. The van der Waals surface area contributed by atoms with E-state index >= 15 is 0 Å². The van der Waals surface area contributed by atoms with Gasteiger partial charge in [0.15, 0.2) is 0 Å². The van der Waals surface area contributed by atoms with E-state index in [9.17, 15) is 13.2 Å². The molecule has 1 saturated heterocycles. The fourth-order valence-corrected chi connectivity index (χ4v) is 6.28. The zero-order valence-electron chi connectivity index (χ0n) is 17.8. The molecular weight excluding hydrogens is 460 g/mol. The summed E-state index contributed by atoms with van der Waals surface area (Å²) in [5.41, 5.74) is 0.181. The zero-order chi connectivity index (χ0) is 22.6. The van der Waals surface area contributed by atoms with Gasteiger partial charge >= 0.3 is 0 Å². The van der Waals surface area contributed by atoms with Crippen LogP contribution in [0.5, 0.6) is 0 Å². The second kappa shape index (κ2) is 10.4. The number of unbranched alkanes of at least 4 members (excludes halogenated alkanes) is 2. The number of carbonyl (C=O) groups excluding carboxylic acids is 1. The average molecular weight is 487 g/mol. The molecule has 170 valence electrons. The minimum absolute atomic E-state index is 0.0671. The van der Waals surface area contributed by atoms with Crippen LogP contribution in [-0.4, -0.2) is 54.1 Å². The molecule has 2 heterocycles. The van der Waals surface area contributed by atoms with Crippen molar-refractivity contribution in [3.63, 3.8) is 0 Å². The van der Waals surface area contributed by atoms with E-state index in [0.29, 0.717) is 5.13 Å². The van der Waals surface area contributed by atoms with Gasteiger partial charge in [0.05, 0.1) is 17.2 Å². The highest BCUT2D eigenvalue weighted by Gasteiger charge is 2.34. The summed E-state index contributed by atoms with van der Waals surface area (Å²) in [4.78, 5) is 12.6. The summed E-state index contributed by atoms with van der Waals surface area (Å²) in [7, 11) is -3.88. The van der Waals surface area contributed by atoms with Crippen LogP contribution in [0.3, 0.4) is 0 Å². The number of hydrogen-bond acceptors (Lipinski definition) is 7. The number of nitrogens with one attached hydrogen (secondary N) is 1. The summed E-state index contributed by atoms with van der Waals surface area (Å²) >= 11 is 7.53. The standard InChI is InChI=1S/C20H27ClN4O4S2/c1-4-5-6-7-18-23-24-20(30-18)22-19(26)15-8-9-16(21)17(10-15)31(27,28)25-11-13(2)29-14(3)12-25/h8-10,13-14H,4-7,11-12H2,1-3H3,(H,22,24,26). The first-order chi connectivity index (χ1) is 14.7. The molecule has 8 nitrogen and oxygen atoms in total. The molecule has 1 amide bonds. The van der Waals surface area contributed by atoms with Crippen LogP contribution in [0, 0.1) is 0 Å². The molecule has 1 fully saturated rings. The first-order valence-corrected chi connectivity index (χ1v) is 12.9. The van der Waals surface area contributed by atoms with Crippen LogP contribution >= 0.6 is 22.9 Å². The zero-order valence-corrected chi connectivity index (χ0v) is 20.2.